The Balaban J connectivity index is 0.000000174. The number of hydrogen-bond acceptors (Lipinski definition) is 14. The molecular weight excluding hydrogens is 1350 g/mol. The number of hydrogen-bond donors (Lipinski definition) is 2. The van der Waals surface area contributed by atoms with E-state index in [-0.39, 0.29) is 36.4 Å². The molecule has 99 heavy (non-hydrogen) atoms. The molecule has 2 fully saturated rings. The molecule has 0 unspecified atom stereocenters. The summed E-state index contributed by atoms with van der Waals surface area (Å²) in [6, 6.07) is 37.3. The molecule has 6 aromatic heterocycles. The zero-order valence-electron chi connectivity index (χ0n) is 55.0. The average molecular weight is 1420 g/mol. The van der Waals surface area contributed by atoms with Crippen molar-refractivity contribution in [3.63, 3.8) is 0 Å². The Kier molecular flexibility index (Phi) is 26.1. The van der Waals surface area contributed by atoms with E-state index in [2.05, 4.69) is 112 Å². The Labute approximate surface area is 594 Å². The summed E-state index contributed by atoms with van der Waals surface area (Å²) in [7, 11) is 4.18. The molecule has 2 aliphatic heterocycles. The number of nitrogens with zero attached hydrogens (tertiary/aromatic N) is 13. The van der Waals surface area contributed by atoms with Gasteiger partial charge in [-0.1, -0.05) is 48.1 Å². The van der Waals surface area contributed by atoms with Crippen LogP contribution in [0.15, 0.2) is 165 Å². The van der Waals surface area contributed by atoms with E-state index in [9.17, 15) is 27.6 Å². The van der Waals surface area contributed by atoms with Gasteiger partial charge < -0.3 is 20.9 Å². The Morgan fingerprint density at radius 1 is 0.485 bits per heavy atom. The largest absolute Gasteiger partial charge is 0.416 e. The molecule has 508 valence electrons. The van der Waals surface area contributed by atoms with Crippen LogP contribution in [0, 0.1) is 63.2 Å². The number of carbonyl (C=O) groups excluding carboxylic acids is 3. The summed E-state index contributed by atoms with van der Waals surface area (Å²) in [5.74, 6) is 18.3. The summed E-state index contributed by atoms with van der Waals surface area (Å²) in [5, 5.41) is 14.8. The van der Waals surface area contributed by atoms with Gasteiger partial charge in [0, 0.05) is 129 Å². The van der Waals surface area contributed by atoms with Crippen molar-refractivity contribution in [1.29, 1.82) is 0 Å². The number of alkyl halides is 3. The van der Waals surface area contributed by atoms with Crippen LogP contribution in [0.5, 0.6) is 0 Å². The van der Waals surface area contributed by atoms with Gasteiger partial charge in [0.25, 0.3) is 16.4 Å². The number of halogens is 7. The first-order chi connectivity index (χ1) is 46.6. The highest BCUT2D eigenvalue weighted by molar-refractivity contribution is 6.68. The van der Waals surface area contributed by atoms with Crippen molar-refractivity contribution < 1.29 is 27.6 Å². The molecular formula is C74H70Cl4F3N15O3. The third-order valence-electron chi connectivity index (χ3n) is 16.3. The van der Waals surface area contributed by atoms with Gasteiger partial charge in [0.1, 0.15) is 17.1 Å². The number of anilines is 2. The summed E-state index contributed by atoms with van der Waals surface area (Å²) in [6.45, 7) is 16.9. The first kappa shape index (κ1) is 74.8. The van der Waals surface area contributed by atoms with Gasteiger partial charge in [-0.15, -0.1) is 24.8 Å². The number of likely N-dealkylation sites (N-methyl/N-ethyl adjacent to an activating group) is 2. The first-order valence-electron chi connectivity index (χ1n) is 30.9. The van der Waals surface area contributed by atoms with Gasteiger partial charge in [-0.05, 0) is 213 Å². The van der Waals surface area contributed by atoms with Crippen molar-refractivity contribution >= 4 is 92.7 Å². The average Bonchev–Trinajstić information content (AvgIpc) is 1.83. The first-order valence-corrected chi connectivity index (χ1v) is 31.7. The van der Waals surface area contributed by atoms with Crippen molar-refractivity contribution in [3.8, 4) is 35.5 Å². The number of nitrogens with two attached hydrogens (primary N) is 1. The van der Waals surface area contributed by atoms with Gasteiger partial charge >= 0.3 is 6.18 Å². The minimum Gasteiger partial charge on any atom is -0.399 e. The normalized spacial score (nSPS) is 13.2. The molecule has 1 amide bonds. The summed E-state index contributed by atoms with van der Waals surface area (Å²) >= 11 is 11.0. The predicted octanol–water partition coefficient (Wildman–Crippen LogP) is 12.3. The van der Waals surface area contributed by atoms with Gasteiger partial charge in [0.05, 0.1) is 24.2 Å². The van der Waals surface area contributed by atoms with Crippen molar-refractivity contribution in [2.24, 2.45) is 0 Å². The smallest absolute Gasteiger partial charge is 0.399 e. The van der Waals surface area contributed by atoms with E-state index in [1.165, 1.54) is 23.3 Å². The number of benzene rings is 5. The van der Waals surface area contributed by atoms with Crippen LogP contribution < -0.4 is 11.1 Å². The number of aromatic nitrogens is 9. The quantitative estimate of drug-likeness (QED) is 0.0829. The van der Waals surface area contributed by atoms with Crippen LogP contribution in [0.2, 0.25) is 0 Å². The lowest BCUT2D eigenvalue weighted by Crippen LogP contribution is -2.44. The number of carbonyl (C=O) groups is 3. The second kappa shape index (κ2) is 34.5. The number of nitrogen functional groups attached to an aromatic ring is 1. The molecule has 2 aliphatic rings. The predicted molar refractivity (Wildman–Crippen MR) is 386 cm³/mol. The van der Waals surface area contributed by atoms with E-state index in [0.717, 1.165) is 121 Å². The molecule has 0 aliphatic carbocycles. The van der Waals surface area contributed by atoms with E-state index in [1.54, 1.807) is 75.0 Å². The number of fused-ring (bicyclic) bond motifs is 3. The molecule has 11 aromatic rings. The van der Waals surface area contributed by atoms with E-state index < -0.39 is 22.2 Å². The van der Waals surface area contributed by atoms with Crippen molar-refractivity contribution in [2.45, 2.75) is 47.0 Å². The number of aryl methyl sites for hydroxylation is 4. The van der Waals surface area contributed by atoms with Gasteiger partial charge in [-0.3, -0.25) is 24.2 Å². The Bertz CT molecular complexity index is 4760. The highest BCUT2D eigenvalue weighted by Crippen LogP contribution is 2.34. The fraction of sp³-hybridized carbons (Fsp3) is 0.230. The summed E-state index contributed by atoms with van der Waals surface area (Å²) in [4.78, 5) is 57.3. The number of nitrogens with one attached hydrogen (secondary N) is 1. The van der Waals surface area contributed by atoms with Crippen LogP contribution >= 0.6 is 48.0 Å². The summed E-state index contributed by atoms with van der Waals surface area (Å²) in [6.07, 6.45) is 5.75. The lowest BCUT2D eigenvalue weighted by Gasteiger charge is -2.32. The molecule has 13 rings (SSSR count). The maximum atomic E-state index is 13.0. The van der Waals surface area contributed by atoms with Crippen molar-refractivity contribution in [3.05, 3.63) is 254 Å². The molecule has 0 saturated carbocycles. The molecule has 25 heteroatoms. The summed E-state index contributed by atoms with van der Waals surface area (Å²) < 4.78 is 43.9. The monoisotopic (exact) mass is 1410 g/mol. The second-order valence-corrected chi connectivity index (χ2v) is 24.1. The van der Waals surface area contributed by atoms with Crippen LogP contribution in [0.3, 0.4) is 0 Å². The summed E-state index contributed by atoms with van der Waals surface area (Å²) in [5.41, 5.74) is 19.6. The van der Waals surface area contributed by atoms with Crippen LogP contribution in [-0.2, 0) is 19.3 Å². The lowest BCUT2D eigenvalue weighted by atomic mass is 10.0. The van der Waals surface area contributed by atoms with Crippen molar-refractivity contribution in [2.75, 3.05) is 77.5 Å². The fourth-order valence-electron chi connectivity index (χ4n) is 10.4. The third kappa shape index (κ3) is 20.1. The van der Waals surface area contributed by atoms with Gasteiger partial charge in [-0.2, -0.15) is 28.5 Å². The SMILES string of the molecule is CN1CCN(Cc2ccc(N)cc2C(F)(F)F)CC1.Cc1ccc(C(=O)Cl)cc1C#Cc1cnc2cccnn12.Cc1ccc(C(=O)Cl)cc1C#Cc1cnc2cccnn12.Cc1ccc(C(=O)Nc2ccc(CN3CCN(C)CC3)c(C)c2)cc1C#Cc1cnc2cccnn12.Cl.Cl. The minimum absolute atomic E-state index is 0. The van der Waals surface area contributed by atoms with E-state index in [4.69, 9.17) is 28.9 Å². The van der Waals surface area contributed by atoms with Gasteiger partial charge in [-0.25, -0.2) is 28.5 Å². The highest BCUT2D eigenvalue weighted by Gasteiger charge is 2.34. The maximum Gasteiger partial charge on any atom is 0.416 e. The zero-order chi connectivity index (χ0) is 68.8. The second-order valence-electron chi connectivity index (χ2n) is 23.4. The molecule has 0 bridgehead atoms. The standard InChI is InChI=1S/C29H30N6O.2C16H10ClN3O.C13H18F3N3.2ClH/c1-21-6-7-24(18-23(21)9-11-27-19-30-28-5-4-12-31-35(27)28)29(36)32-26-10-8-25(22(2)17-26)20-34-15-13-33(3)14-16-34;2*1-11-4-5-13(16(17)21)9-12(11)6-7-14-10-18-15-3-2-8-19-20(14)15;1-18-4-6-19(7-5-18)9-10-2-3-11(17)8-12(10)13(14,15)16;;/h4-8,10,12,17-19H,13-16,20H2,1-3H3,(H,32,36);2*2-5,8-10H,1H3;2-3,8H,4-7,9,17H2,1H3;2*1H. The minimum atomic E-state index is -4.35. The molecule has 3 N–H and O–H groups in total. The lowest BCUT2D eigenvalue weighted by molar-refractivity contribution is -0.138. The Hall–Kier alpha value is -9.96. The molecule has 5 aromatic carbocycles. The molecule has 8 heterocycles. The number of imidazole rings is 3. The number of piperazine rings is 2. The Morgan fingerprint density at radius 3 is 1.26 bits per heavy atom. The Morgan fingerprint density at radius 2 is 0.869 bits per heavy atom. The molecule has 18 nitrogen and oxygen atoms in total. The molecule has 0 spiro atoms. The molecule has 0 atom stereocenters. The zero-order valence-corrected chi connectivity index (χ0v) is 58.1. The van der Waals surface area contributed by atoms with E-state index in [0.29, 0.717) is 45.9 Å². The molecule has 2 saturated heterocycles. The van der Waals surface area contributed by atoms with Crippen LogP contribution in [-0.4, -0.2) is 146 Å². The fourth-order valence-corrected chi connectivity index (χ4v) is 10.7. The van der Waals surface area contributed by atoms with Gasteiger partial charge in [0.2, 0.25) is 0 Å². The molecule has 0 radical (unpaired) electrons. The van der Waals surface area contributed by atoms with Crippen molar-refractivity contribution in [1.82, 2.24) is 63.4 Å². The number of rotatable bonds is 8. The maximum absolute atomic E-state index is 13.0. The van der Waals surface area contributed by atoms with Crippen LogP contribution in [0.25, 0.3) is 16.9 Å². The third-order valence-corrected chi connectivity index (χ3v) is 16.7. The topological polar surface area (TPSA) is 193 Å². The number of amides is 1. The van der Waals surface area contributed by atoms with E-state index in [1.807, 2.05) is 106 Å². The van der Waals surface area contributed by atoms with Crippen LogP contribution in [0.1, 0.15) is 104 Å². The van der Waals surface area contributed by atoms with Gasteiger partial charge in [0.15, 0.2) is 16.9 Å². The van der Waals surface area contributed by atoms with Crippen LogP contribution in [0.4, 0.5) is 24.5 Å². The van der Waals surface area contributed by atoms with E-state index >= 15 is 0 Å². The highest BCUT2D eigenvalue weighted by atomic mass is 35.5.